The van der Waals surface area contributed by atoms with Crippen LogP contribution in [0, 0.1) is 0 Å². The zero-order valence-corrected chi connectivity index (χ0v) is 16.3. The van der Waals surface area contributed by atoms with Crippen molar-refractivity contribution in [3.05, 3.63) is 29.8 Å². The van der Waals surface area contributed by atoms with E-state index in [1.807, 2.05) is 9.80 Å². The van der Waals surface area contributed by atoms with Gasteiger partial charge in [0, 0.05) is 50.4 Å². The molecule has 7 heteroatoms. The minimum atomic E-state index is -0.0874. The first-order valence-electron chi connectivity index (χ1n) is 10.4. The molecule has 3 amide bonds. The van der Waals surface area contributed by atoms with Gasteiger partial charge in [-0.15, -0.1) is 0 Å². The van der Waals surface area contributed by atoms with Crippen LogP contribution in [-0.2, 0) is 9.53 Å². The van der Waals surface area contributed by atoms with Gasteiger partial charge in [-0.2, -0.15) is 0 Å². The quantitative estimate of drug-likeness (QED) is 0.837. The predicted molar refractivity (Wildman–Crippen MR) is 105 cm³/mol. The molecule has 4 saturated heterocycles. The molecule has 5 rings (SSSR count). The van der Waals surface area contributed by atoms with Crippen LogP contribution in [0.15, 0.2) is 24.3 Å². The van der Waals surface area contributed by atoms with Gasteiger partial charge in [0.2, 0.25) is 5.91 Å². The summed E-state index contributed by atoms with van der Waals surface area (Å²) in [5.41, 5.74) is 2.61. The van der Waals surface area contributed by atoms with Crippen molar-refractivity contribution in [2.75, 3.05) is 44.2 Å². The molecule has 4 aliphatic rings. The second-order valence-corrected chi connectivity index (χ2v) is 8.57. The summed E-state index contributed by atoms with van der Waals surface area (Å²) >= 11 is 0. The molecule has 4 heterocycles. The average molecular weight is 384 g/mol. The average Bonchev–Trinajstić information content (AvgIpc) is 2.66. The van der Waals surface area contributed by atoms with Gasteiger partial charge in [0.05, 0.1) is 12.1 Å². The Morgan fingerprint density at radius 1 is 1.07 bits per heavy atom. The smallest absolute Gasteiger partial charge is 0.320 e. The van der Waals surface area contributed by atoms with Crippen LogP contribution in [0.25, 0.3) is 0 Å². The number of amides is 3. The monoisotopic (exact) mass is 384 g/mol. The Labute approximate surface area is 165 Å². The van der Waals surface area contributed by atoms with E-state index in [0.717, 1.165) is 26.1 Å². The first kappa shape index (κ1) is 17.8. The molecule has 1 unspecified atom stereocenters. The third kappa shape index (κ3) is 3.11. The highest BCUT2D eigenvalue weighted by molar-refractivity contribution is 5.79. The molecule has 0 bridgehead atoms. The largest absolute Gasteiger partial charge is 0.369 e. The first-order chi connectivity index (χ1) is 13.6. The lowest BCUT2D eigenvalue weighted by Gasteiger charge is -2.46. The van der Waals surface area contributed by atoms with Crippen molar-refractivity contribution >= 4 is 17.6 Å². The third-order valence-corrected chi connectivity index (χ3v) is 6.76. The number of likely N-dealkylation sites (tertiary alicyclic amines) is 2. The van der Waals surface area contributed by atoms with Crippen LogP contribution < -0.4 is 10.2 Å². The number of hydrogen-bond donors (Lipinski definition) is 1. The molecule has 1 aromatic carbocycles. The van der Waals surface area contributed by atoms with Crippen LogP contribution in [0.3, 0.4) is 0 Å². The van der Waals surface area contributed by atoms with Gasteiger partial charge < -0.3 is 24.8 Å². The summed E-state index contributed by atoms with van der Waals surface area (Å²) in [6.45, 7) is 6.32. The molecule has 4 fully saturated rings. The van der Waals surface area contributed by atoms with Gasteiger partial charge in [-0.05, 0) is 37.5 Å². The second kappa shape index (κ2) is 6.95. The SMILES string of the molecule is CC1CCN1c1ccc(C2CN(C(=O)N3CC[C@@H]4OCC(=O)N[C@@H]4C3)C2)cc1. The number of morpholine rings is 1. The Hall–Kier alpha value is -2.28. The summed E-state index contributed by atoms with van der Waals surface area (Å²) in [5.74, 6) is 0.331. The van der Waals surface area contributed by atoms with Gasteiger partial charge in [0.1, 0.15) is 6.61 Å². The molecule has 1 N–H and O–H groups in total. The van der Waals surface area contributed by atoms with Gasteiger partial charge in [-0.1, -0.05) is 12.1 Å². The van der Waals surface area contributed by atoms with Gasteiger partial charge in [0.25, 0.3) is 0 Å². The molecule has 28 heavy (non-hydrogen) atoms. The van der Waals surface area contributed by atoms with Crippen molar-refractivity contribution < 1.29 is 14.3 Å². The zero-order valence-electron chi connectivity index (χ0n) is 16.3. The van der Waals surface area contributed by atoms with Gasteiger partial charge in [-0.25, -0.2) is 4.79 Å². The van der Waals surface area contributed by atoms with Crippen molar-refractivity contribution in [2.24, 2.45) is 0 Å². The summed E-state index contributed by atoms with van der Waals surface area (Å²) in [6.07, 6.45) is 2.10. The number of piperidine rings is 1. The molecule has 0 aliphatic carbocycles. The first-order valence-corrected chi connectivity index (χ1v) is 10.4. The molecule has 3 atom stereocenters. The maximum atomic E-state index is 12.8. The molecule has 0 saturated carbocycles. The van der Waals surface area contributed by atoms with Crippen LogP contribution >= 0.6 is 0 Å². The minimum Gasteiger partial charge on any atom is -0.369 e. The van der Waals surface area contributed by atoms with Crippen LogP contribution in [0.2, 0.25) is 0 Å². The highest BCUT2D eigenvalue weighted by Crippen LogP contribution is 2.32. The van der Waals surface area contributed by atoms with Crippen LogP contribution in [0.5, 0.6) is 0 Å². The third-order valence-electron chi connectivity index (χ3n) is 6.76. The Bertz CT molecular complexity index is 761. The number of anilines is 1. The fourth-order valence-corrected chi connectivity index (χ4v) is 4.76. The lowest BCUT2D eigenvalue weighted by Crippen LogP contribution is -2.63. The van der Waals surface area contributed by atoms with E-state index in [-0.39, 0.29) is 30.7 Å². The number of nitrogens with zero attached hydrogens (tertiary/aromatic N) is 3. The van der Waals surface area contributed by atoms with E-state index in [9.17, 15) is 9.59 Å². The summed E-state index contributed by atoms with van der Waals surface area (Å²) < 4.78 is 5.58. The van der Waals surface area contributed by atoms with E-state index in [4.69, 9.17) is 4.74 Å². The molecule has 4 aliphatic heterocycles. The van der Waals surface area contributed by atoms with Crippen molar-refractivity contribution in [3.8, 4) is 0 Å². The van der Waals surface area contributed by atoms with Crippen molar-refractivity contribution in [1.82, 2.24) is 15.1 Å². The fourth-order valence-electron chi connectivity index (χ4n) is 4.76. The fraction of sp³-hybridized carbons (Fsp3) is 0.619. The van der Waals surface area contributed by atoms with Gasteiger partial charge in [-0.3, -0.25) is 4.79 Å². The molecule has 0 aromatic heterocycles. The maximum Gasteiger partial charge on any atom is 0.320 e. The Morgan fingerprint density at radius 3 is 2.54 bits per heavy atom. The van der Waals surface area contributed by atoms with Crippen LogP contribution in [-0.4, -0.2) is 79.3 Å². The van der Waals surface area contributed by atoms with Gasteiger partial charge in [0.15, 0.2) is 0 Å². The number of carbonyl (C=O) groups excluding carboxylic acids is 2. The lowest BCUT2D eigenvalue weighted by molar-refractivity contribution is -0.139. The molecule has 0 radical (unpaired) electrons. The topological polar surface area (TPSA) is 65.1 Å². The number of urea groups is 1. The summed E-state index contributed by atoms with van der Waals surface area (Å²) in [5, 5.41) is 2.96. The van der Waals surface area contributed by atoms with Gasteiger partial charge >= 0.3 is 6.03 Å². The van der Waals surface area contributed by atoms with E-state index in [1.165, 1.54) is 17.7 Å². The van der Waals surface area contributed by atoms with E-state index in [0.29, 0.717) is 25.0 Å². The van der Waals surface area contributed by atoms with E-state index in [1.54, 1.807) is 0 Å². The number of carbonyl (C=O) groups is 2. The maximum absolute atomic E-state index is 12.8. The number of nitrogens with one attached hydrogen (secondary N) is 1. The van der Waals surface area contributed by atoms with Crippen molar-refractivity contribution in [3.63, 3.8) is 0 Å². The molecule has 7 nitrogen and oxygen atoms in total. The zero-order chi connectivity index (χ0) is 19.3. The molecular formula is C21H28N4O3. The van der Waals surface area contributed by atoms with Crippen LogP contribution in [0.1, 0.15) is 31.2 Å². The van der Waals surface area contributed by atoms with E-state index < -0.39 is 0 Å². The molecular weight excluding hydrogens is 356 g/mol. The highest BCUT2D eigenvalue weighted by Gasteiger charge is 2.40. The highest BCUT2D eigenvalue weighted by atomic mass is 16.5. The summed E-state index contributed by atoms with van der Waals surface area (Å²) in [6, 6.07) is 9.51. The normalized spacial score (nSPS) is 30.2. The molecule has 150 valence electrons. The number of rotatable bonds is 2. The second-order valence-electron chi connectivity index (χ2n) is 8.57. The number of ether oxygens (including phenoxy) is 1. The number of hydrogen-bond acceptors (Lipinski definition) is 4. The van der Waals surface area contributed by atoms with E-state index in [2.05, 4.69) is 41.4 Å². The standard InChI is InChI=1S/C21H28N4O3/c1-14-6-9-25(14)17-4-2-15(3-5-17)16-10-24(11-16)21(27)23-8-7-19-18(12-23)22-20(26)13-28-19/h2-5,14,16,18-19H,6-13H2,1H3,(H,22,26)/t14?,18-,19+/m1/s1. The summed E-state index contributed by atoms with van der Waals surface area (Å²) in [7, 11) is 0. The van der Waals surface area contributed by atoms with Crippen molar-refractivity contribution in [1.29, 1.82) is 0 Å². The van der Waals surface area contributed by atoms with Crippen LogP contribution in [0.4, 0.5) is 10.5 Å². The Balaban J connectivity index is 1.14. The molecule has 0 spiro atoms. The number of fused-ring (bicyclic) bond motifs is 1. The minimum absolute atomic E-state index is 0.0403. The lowest BCUT2D eigenvalue weighted by atomic mass is 9.91. The number of benzene rings is 1. The van der Waals surface area contributed by atoms with E-state index >= 15 is 0 Å². The Kier molecular flexibility index (Phi) is 4.42. The van der Waals surface area contributed by atoms with Crippen molar-refractivity contribution in [2.45, 2.75) is 43.9 Å². The summed E-state index contributed by atoms with van der Waals surface area (Å²) in [4.78, 5) is 30.6. The predicted octanol–water partition coefficient (Wildman–Crippen LogP) is 1.39. The molecule has 1 aromatic rings. The Morgan fingerprint density at radius 2 is 1.86 bits per heavy atom.